The number of aliphatic hydroxyl groups excluding tert-OH is 1. The summed E-state index contributed by atoms with van der Waals surface area (Å²) in [6.45, 7) is 0.471. The molecule has 0 saturated heterocycles. The van der Waals surface area contributed by atoms with E-state index in [9.17, 15) is 0 Å². The lowest BCUT2D eigenvalue weighted by Gasteiger charge is -2.12. The summed E-state index contributed by atoms with van der Waals surface area (Å²) in [6.07, 6.45) is 0. The molecule has 0 saturated carbocycles. The lowest BCUT2D eigenvalue weighted by Crippen LogP contribution is -1.98. The quantitative estimate of drug-likeness (QED) is 0.706. The summed E-state index contributed by atoms with van der Waals surface area (Å²) < 4.78 is 8.49. The van der Waals surface area contributed by atoms with Crippen LogP contribution in [0, 0.1) is 0 Å². The van der Waals surface area contributed by atoms with Crippen LogP contribution in [0.3, 0.4) is 0 Å². The van der Waals surface area contributed by atoms with Crippen LogP contribution in [-0.4, -0.2) is 5.11 Å². The van der Waals surface area contributed by atoms with Crippen LogP contribution in [0.5, 0.6) is 5.75 Å². The van der Waals surface area contributed by atoms with Crippen LogP contribution in [0.4, 0.5) is 0 Å². The third kappa shape index (κ3) is 3.81. The Morgan fingerprint density at radius 2 is 1.58 bits per heavy atom. The Morgan fingerprint density at radius 3 is 2.16 bits per heavy atom. The molecule has 19 heavy (non-hydrogen) atoms. The molecule has 0 aliphatic carbocycles. The number of aliphatic hydroxyl groups is 1. The summed E-state index contributed by atoms with van der Waals surface area (Å²) in [6, 6.07) is 11.6. The third-order valence-electron chi connectivity index (χ3n) is 2.57. The smallest absolute Gasteiger partial charge is 0.148 e. The molecule has 0 heterocycles. The molecule has 0 spiro atoms. The fourth-order valence-corrected chi connectivity index (χ4v) is 3.52. The van der Waals surface area contributed by atoms with Crippen molar-refractivity contribution in [2.75, 3.05) is 0 Å². The number of benzene rings is 2. The summed E-state index contributed by atoms with van der Waals surface area (Å²) in [7, 11) is 0. The zero-order chi connectivity index (χ0) is 13.8. The number of hydrogen-bond donors (Lipinski definition) is 1. The summed E-state index contributed by atoms with van der Waals surface area (Å²) in [4.78, 5) is 0. The van der Waals surface area contributed by atoms with E-state index in [0.29, 0.717) is 6.61 Å². The van der Waals surface area contributed by atoms with Crippen LogP contribution >= 0.6 is 47.8 Å². The molecule has 0 fully saturated rings. The first-order chi connectivity index (χ1) is 9.11. The zero-order valence-electron chi connectivity index (χ0n) is 9.87. The highest BCUT2D eigenvalue weighted by molar-refractivity contribution is 9.11. The van der Waals surface area contributed by atoms with Crippen LogP contribution in [-0.2, 0) is 13.2 Å². The number of hydrogen-bond acceptors (Lipinski definition) is 2. The molecule has 2 nitrogen and oxygen atoms in total. The highest BCUT2D eigenvalue weighted by atomic mass is 79.9. The fourth-order valence-electron chi connectivity index (χ4n) is 1.61. The minimum absolute atomic E-state index is 0.00170. The predicted molar refractivity (Wildman–Crippen MR) is 86.2 cm³/mol. The van der Waals surface area contributed by atoms with E-state index in [2.05, 4.69) is 47.8 Å². The van der Waals surface area contributed by atoms with Gasteiger partial charge in [0.15, 0.2) is 0 Å². The van der Waals surface area contributed by atoms with Crippen LogP contribution in [0.25, 0.3) is 0 Å². The largest absolute Gasteiger partial charge is 0.486 e. The van der Waals surface area contributed by atoms with Crippen molar-refractivity contribution in [2.24, 2.45) is 0 Å². The van der Waals surface area contributed by atoms with Gasteiger partial charge in [0, 0.05) is 10.0 Å². The van der Waals surface area contributed by atoms with E-state index < -0.39 is 0 Å². The van der Waals surface area contributed by atoms with Crippen LogP contribution in [0.1, 0.15) is 11.1 Å². The lowest BCUT2D eigenvalue weighted by molar-refractivity contribution is 0.280. The van der Waals surface area contributed by atoms with Gasteiger partial charge in [0.05, 0.1) is 15.6 Å². The Bertz CT molecular complexity index is 562. The minimum Gasteiger partial charge on any atom is -0.486 e. The van der Waals surface area contributed by atoms with Gasteiger partial charge in [-0.25, -0.2) is 0 Å². The highest BCUT2D eigenvalue weighted by Crippen LogP contribution is 2.35. The van der Waals surface area contributed by atoms with E-state index in [0.717, 1.165) is 30.3 Å². The average molecular weight is 451 g/mol. The Hall–Kier alpha value is -0.360. The molecule has 2 aromatic rings. The van der Waals surface area contributed by atoms with Gasteiger partial charge in [-0.05, 0) is 55.6 Å². The van der Waals surface area contributed by atoms with Gasteiger partial charge in [-0.15, -0.1) is 0 Å². The molecule has 0 bridgehead atoms. The van der Waals surface area contributed by atoms with Crippen molar-refractivity contribution in [3.05, 3.63) is 60.9 Å². The molecule has 0 atom stereocenters. The maximum atomic E-state index is 9.13. The first-order valence-electron chi connectivity index (χ1n) is 5.57. The second-order valence-electron chi connectivity index (χ2n) is 3.93. The Morgan fingerprint density at radius 1 is 0.947 bits per heavy atom. The second kappa shape index (κ2) is 6.88. The predicted octanol–water partition coefficient (Wildman–Crippen LogP) is 5.05. The molecule has 0 aromatic heterocycles. The third-order valence-corrected chi connectivity index (χ3v) is 4.52. The van der Waals surface area contributed by atoms with E-state index in [4.69, 9.17) is 9.84 Å². The topological polar surface area (TPSA) is 29.5 Å². The van der Waals surface area contributed by atoms with E-state index in [1.165, 1.54) is 0 Å². The molecular weight excluding hydrogens is 440 g/mol. The van der Waals surface area contributed by atoms with Crippen molar-refractivity contribution in [3.63, 3.8) is 0 Å². The Labute approximate surface area is 137 Å². The normalized spacial score (nSPS) is 10.5. The molecule has 2 aromatic carbocycles. The second-order valence-corrected chi connectivity index (χ2v) is 6.49. The maximum absolute atomic E-state index is 9.13. The van der Waals surface area contributed by atoms with E-state index in [1.807, 2.05) is 36.4 Å². The molecule has 0 unspecified atom stereocenters. The molecule has 5 heteroatoms. The number of halogens is 3. The van der Waals surface area contributed by atoms with Gasteiger partial charge < -0.3 is 9.84 Å². The molecule has 0 aliphatic heterocycles. The molecule has 100 valence electrons. The van der Waals surface area contributed by atoms with Gasteiger partial charge >= 0.3 is 0 Å². The SMILES string of the molecule is OCc1cc(Br)c(OCc2ccccc2Br)c(Br)c1. The van der Waals surface area contributed by atoms with E-state index in [1.54, 1.807) is 0 Å². The molecule has 1 N–H and O–H groups in total. The Kier molecular flexibility index (Phi) is 5.45. The van der Waals surface area contributed by atoms with Gasteiger partial charge in [-0.3, -0.25) is 0 Å². The number of rotatable bonds is 4. The van der Waals surface area contributed by atoms with Gasteiger partial charge in [0.25, 0.3) is 0 Å². The zero-order valence-corrected chi connectivity index (χ0v) is 14.6. The fraction of sp³-hybridized carbons (Fsp3) is 0.143. The standard InChI is InChI=1S/C14H11Br3O2/c15-11-4-2-1-3-10(11)8-19-14-12(16)5-9(7-18)6-13(14)17/h1-6,18H,7-8H2. The van der Waals surface area contributed by atoms with Crippen molar-refractivity contribution in [2.45, 2.75) is 13.2 Å². The summed E-state index contributed by atoms with van der Waals surface area (Å²) in [5.41, 5.74) is 1.90. The molecule has 0 radical (unpaired) electrons. The highest BCUT2D eigenvalue weighted by Gasteiger charge is 2.09. The maximum Gasteiger partial charge on any atom is 0.148 e. The van der Waals surface area contributed by atoms with Crippen LogP contribution in [0.15, 0.2) is 49.8 Å². The summed E-state index contributed by atoms with van der Waals surface area (Å²) in [5.74, 6) is 0.730. The molecule has 0 amide bonds. The van der Waals surface area contributed by atoms with Crippen molar-refractivity contribution < 1.29 is 9.84 Å². The van der Waals surface area contributed by atoms with Crippen molar-refractivity contribution in [3.8, 4) is 5.75 Å². The number of ether oxygens (including phenoxy) is 1. The van der Waals surface area contributed by atoms with Crippen molar-refractivity contribution in [1.82, 2.24) is 0 Å². The first kappa shape index (κ1) is 15.0. The van der Waals surface area contributed by atoms with Crippen LogP contribution in [0.2, 0.25) is 0 Å². The van der Waals surface area contributed by atoms with Crippen molar-refractivity contribution >= 4 is 47.8 Å². The van der Waals surface area contributed by atoms with Gasteiger partial charge in [0.1, 0.15) is 12.4 Å². The minimum atomic E-state index is 0.00170. The van der Waals surface area contributed by atoms with Crippen LogP contribution < -0.4 is 4.74 Å². The van der Waals surface area contributed by atoms with Gasteiger partial charge in [0.2, 0.25) is 0 Å². The first-order valence-corrected chi connectivity index (χ1v) is 7.94. The van der Waals surface area contributed by atoms with Gasteiger partial charge in [-0.1, -0.05) is 34.1 Å². The molecule has 2 rings (SSSR count). The lowest BCUT2D eigenvalue weighted by atomic mass is 10.2. The molecular formula is C14H11Br3O2. The average Bonchev–Trinajstić information content (AvgIpc) is 2.39. The monoisotopic (exact) mass is 448 g/mol. The van der Waals surface area contributed by atoms with E-state index >= 15 is 0 Å². The summed E-state index contributed by atoms with van der Waals surface area (Å²) >= 11 is 10.4. The van der Waals surface area contributed by atoms with Gasteiger partial charge in [-0.2, -0.15) is 0 Å². The molecule has 0 aliphatic rings. The van der Waals surface area contributed by atoms with E-state index in [-0.39, 0.29) is 6.61 Å². The summed E-state index contributed by atoms with van der Waals surface area (Å²) in [5, 5.41) is 9.13. The Balaban J connectivity index is 2.18. The van der Waals surface area contributed by atoms with Crippen molar-refractivity contribution in [1.29, 1.82) is 0 Å².